The number of rotatable bonds is 3. The molecule has 4 rings (SSSR count). The smallest absolute Gasteiger partial charge is 0.155 e. The number of hydrogen-bond donors (Lipinski definition) is 1. The molecule has 3 saturated carbocycles. The largest absolute Gasteiger partial charge is 0.392 e. The van der Waals surface area contributed by atoms with E-state index in [0.29, 0.717) is 23.5 Å². The van der Waals surface area contributed by atoms with Crippen LogP contribution in [-0.2, 0) is 4.79 Å². The molecule has 0 saturated heterocycles. The number of hydrogen-bond acceptors (Lipinski definition) is 2. The monoisotopic (exact) mass is 368 g/mol. The van der Waals surface area contributed by atoms with E-state index in [9.17, 15) is 9.90 Å². The topological polar surface area (TPSA) is 37.3 Å². The highest BCUT2D eigenvalue weighted by Crippen LogP contribution is 2.67. The van der Waals surface area contributed by atoms with Crippen LogP contribution in [0.25, 0.3) is 0 Å². The molecule has 8 atom stereocenters. The van der Waals surface area contributed by atoms with Gasteiger partial charge < -0.3 is 5.11 Å². The Morgan fingerprint density at radius 3 is 2.70 bits per heavy atom. The number of fused-ring (bicyclic) bond motifs is 5. The van der Waals surface area contributed by atoms with Crippen molar-refractivity contribution in [3.05, 3.63) is 11.6 Å². The molecule has 2 heteroatoms. The molecule has 0 radical (unpaired) electrons. The zero-order valence-electron chi connectivity index (χ0n) is 17.3. The Balaban J connectivity index is 1.58. The predicted molar refractivity (Wildman–Crippen MR) is 109 cm³/mol. The van der Waals surface area contributed by atoms with Crippen LogP contribution in [0.5, 0.6) is 0 Å². The van der Waals surface area contributed by atoms with Gasteiger partial charge in [-0.15, -0.1) is 12.3 Å². The SMILES string of the molecule is C#CC[C@H](O)[C@@H](C)[C@H]1CC[C@H]2[C@@H]3CCC4=CC(=O)CC[C@]4(C)[C@H]3CC[C@]12C. The Hall–Kier alpha value is -1.07. The number of carbonyl (C=O) groups excluding carboxylic acids is 1. The molecule has 4 aliphatic carbocycles. The minimum atomic E-state index is -0.365. The van der Waals surface area contributed by atoms with Crippen LogP contribution in [0, 0.1) is 52.8 Å². The molecule has 0 aromatic rings. The number of aliphatic hydroxyl groups is 1. The fraction of sp³-hybridized carbons (Fsp3) is 0.800. The summed E-state index contributed by atoms with van der Waals surface area (Å²) in [5.41, 5.74) is 2.05. The maximum Gasteiger partial charge on any atom is 0.155 e. The Kier molecular flexibility index (Phi) is 4.83. The van der Waals surface area contributed by atoms with Gasteiger partial charge in [-0.3, -0.25) is 4.79 Å². The van der Waals surface area contributed by atoms with E-state index < -0.39 is 0 Å². The molecule has 0 aromatic carbocycles. The van der Waals surface area contributed by atoms with Gasteiger partial charge in [0.15, 0.2) is 5.78 Å². The number of carbonyl (C=O) groups is 1. The molecule has 0 aliphatic heterocycles. The second kappa shape index (κ2) is 6.77. The number of terminal acetylenes is 1. The van der Waals surface area contributed by atoms with E-state index in [1.54, 1.807) is 0 Å². The number of aliphatic hydroxyl groups excluding tert-OH is 1. The van der Waals surface area contributed by atoms with Crippen LogP contribution >= 0.6 is 0 Å². The molecular formula is C25H36O2. The summed E-state index contributed by atoms with van der Waals surface area (Å²) in [6.07, 6.45) is 16.9. The second-order valence-corrected chi connectivity index (χ2v) is 10.5. The molecule has 0 bridgehead atoms. The van der Waals surface area contributed by atoms with E-state index in [2.05, 4.69) is 26.7 Å². The zero-order valence-corrected chi connectivity index (χ0v) is 17.3. The normalized spacial score (nSPS) is 45.7. The lowest BCUT2D eigenvalue weighted by atomic mass is 9.46. The molecule has 1 N–H and O–H groups in total. The summed E-state index contributed by atoms with van der Waals surface area (Å²) < 4.78 is 0. The van der Waals surface area contributed by atoms with Gasteiger partial charge in [-0.25, -0.2) is 0 Å². The third kappa shape index (κ3) is 2.84. The van der Waals surface area contributed by atoms with Gasteiger partial charge >= 0.3 is 0 Å². The fourth-order valence-electron chi connectivity index (χ4n) is 8.04. The second-order valence-electron chi connectivity index (χ2n) is 10.5. The van der Waals surface area contributed by atoms with Gasteiger partial charge in [0, 0.05) is 12.8 Å². The lowest BCUT2D eigenvalue weighted by Gasteiger charge is -2.58. The molecule has 0 aromatic heterocycles. The summed E-state index contributed by atoms with van der Waals surface area (Å²) in [4.78, 5) is 12.0. The molecule has 0 unspecified atom stereocenters. The minimum Gasteiger partial charge on any atom is -0.392 e. The van der Waals surface area contributed by atoms with E-state index in [-0.39, 0.29) is 17.4 Å². The first-order chi connectivity index (χ1) is 12.8. The summed E-state index contributed by atoms with van der Waals surface area (Å²) in [5.74, 6) is 6.19. The lowest BCUT2D eigenvalue weighted by Crippen LogP contribution is -2.51. The van der Waals surface area contributed by atoms with E-state index in [4.69, 9.17) is 6.42 Å². The first-order valence-corrected chi connectivity index (χ1v) is 11.2. The summed E-state index contributed by atoms with van der Waals surface area (Å²) in [5, 5.41) is 10.6. The molecule has 0 heterocycles. The molecule has 148 valence electrons. The van der Waals surface area contributed by atoms with Gasteiger partial charge in [0.25, 0.3) is 0 Å². The Bertz CT molecular complexity index is 685. The Labute approximate surface area is 165 Å². The van der Waals surface area contributed by atoms with Crippen molar-refractivity contribution >= 4 is 5.78 Å². The molecule has 0 spiro atoms. The van der Waals surface area contributed by atoms with Crippen molar-refractivity contribution in [1.82, 2.24) is 0 Å². The highest BCUT2D eigenvalue weighted by atomic mass is 16.3. The van der Waals surface area contributed by atoms with Crippen molar-refractivity contribution in [2.45, 2.75) is 84.7 Å². The highest BCUT2D eigenvalue weighted by molar-refractivity contribution is 5.91. The lowest BCUT2D eigenvalue weighted by molar-refractivity contribution is -0.117. The van der Waals surface area contributed by atoms with E-state index in [0.717, 1.165) is 37.0 Å². The zero-order chi connectivity index (χ0) is 19.4. The average Bonchev–Trinajstić information content (AvgIpc) is 2.99. The quantitative estimate of drug-likeness (QED) is 0.699. The Morgan fingerprint density at radius 2 is 1.96 bits per heavy atom. The van der Waals surface area contributed by atoms with Gasteiger partial charge in [0.05, 0.1) is 6.10 Å². The van der Waals surface area contributed by atoms with Gasteiger partial charge in [-0.2, -0.15) is 0 Å². The summed E-state index contributed by atoms with van der Waals surface area (Å²) >= 11 is 0. The third-order valence-corrected chi connectivity index (χ3v) is 9.60. The van der Waals surface area contributed by atoms with E-state index in [1.165, 1.54) is 37.7 Å². The van der Waals surface area contributed by atoms with Crippen LogP contribution in [0.4, 0.5) is 0 Å². The standard InChI is InChI=1S/C25H36O2/c1-5-6-23(27)16(2)20-9-10-21-19-8-7-17-15-18(26)11-13-24(17,3)22(19)12-14-25(20,21)4/h1,15-16,19-23,27H,6-14H2,2-4H3/t16-,19-,20+,21-,22-,23-,24-,25+/m0/s1. The maximum absolute atomic E-state index is 12.0. The molecule has 3 fully saturated rings. The van der Waals surface area contributed by atoms with Gasteiger partial charge in [-0.05, 0) is 91.4 Å². The number of ketones is 1. The first-order valence-electron chi connectivity index (χ1n) is 11.2. The summed E-state index contributed by atoms with van der Waals surface area (Å²) in [7, 11) is 0. The van der Waals surface area contributed by atoms with Crippen LogP contribution in [0.15, 0.2) is 11.6 Å². The predicted octanol–water partition coefficient (Wildman–Crippen LogP) is 5.15. The van der Waals surface area contributed by atoms with Crippen molar-refractivity contribution in [2.24, 2.45) is 40.4 Å². The average molecular weight is 369 g/mol. The van der Waals surface area contributed by atoms with Crippen molar-refractivity contribution < 1.29 is 9.90 Å². The minimum absolute atomic E-state index is 0.255. The molecule has 0 amide bonds. The van der Waals surface area contributed by atoms with Crippen LogP contribution in [0.3, 0.4) is 0 Å². The molecule has 27 heavy (non-hydrogen) atoms. The summed E-state index contributed by atoms with van der Waals surface area (Å²) in [6.45, 7) is 7.20. The van der Waals surface area contributed by atoms with E-state index >= 15 is 0 Å². The van der Waals surface area contributed by atoms with Crippen LogP contribution in [0.2, 0.25) is 0 Å². The molecule has 2 nitrogen and oxygen atoms in total. The van der Waals surface area contributed by atoms with Crippen LogP contribution in [0.1, 0.15) is 78.6 Å². The Morgan fingerprint density at radius 1 is 1.19 bits per heavy atom. The van der Waals surface area contributed by atoms with Crippen molar-refractivity contribution in [3.8, 4) is 12.3 Å². The highest BCUT2D eigenvalue weighted by Gasteiger charge is 2.59. The van der Waals surface area contributed by atoms with Gasteiger partial charge in [-0.1, -0.05) is 26.3 Å². The van der Waals surface area contributed by atoms with E-state index in [1.807, 2.05) is 6.08 Å². The fourth-order valence-corrected chi connectivity index (χ4v) is 8.04. The molecule has 4 aliphatic rings. The van der Waals surface area contributed by atoms with Crippen molar-refractivity contribution in [3.63, 3.8) is 0 Å². The maximum atomic E-state index is 12.0. The van der Waals surface area contributed by atoms with Gasteiger partial charge in [0.2, 0.25) is 0 Å². The van der Waals surface area contributed by atoms with Gasteiger partial charge in [0.1, 0.15) is 0 Å². The molecular weight excluding hydrogens is 332 g/mol. The summed E-state index contributed by atoms with van der Waals surface area (Å²) in [6, 6.07) is 0. The van der Waals surface area contributed by atoms with Crippen LogP contribution in [-0.4, -0.2) is 17.0 Å². The first kappa shape index (κ1) is 19.3. The number of allylic oxidation sites excluding steroid dienone is 1. The van der Waals surface area contributed by atoms with Crippen molar-refractivity contribution in [2.75, 3.05) is 0 Å². The third-order valence-electron chi connectivity index (χ3n) is 9.60. The van der Waals surface area contributed by atoms with Crippen LogP contribution < -0.4 is 0 Å². The van der Waals surface area contributed by atoms with Crippen molar-refractivity contribution in [1.29, 1.82) is 0 Å².